The maximum Gasteiger partial charge on any atom is 0.315 e. The zero-order valence-electron chi connectivity index (χ0n) is 10.9. The maximum atomic E-state index is 11.9. The number of nitrogens with one attached hydrogen (secondary N) is 3. The van der Waals surface area contributed by atoms with Crippen LogP contribution < -0.4 is 16.4 Å². The summed E-state index contributed by atoms with van der Waals surface area (Å²) in [6, 6.07) is 9.45. The Kier molecular flexibility index (Phi) is 4.04. The van der Waals surface area contributed by atoms with Crippen molar-refractivity contribution in [3.63, 3.8) is 0 Å². The standard InChI is InChI=1S/C14H20N4O/c15-12(16)14(8-4-5-9-14)18-13(19)17-10-11-6-2-1-3-7-11/h1-3,6-7H,4-5,8-10H2,(H3,15,16)(H2,17,18,19). The monoisotopic (exact) mass is 260 g/mol. The van der Waals surface area contributed by atoms with Crippen LogP contribution in [0.15, 0.2) is 30.3 Å². The van der Waals surface area contributed by atoms with Crippen LogP contribution in [0, 0.1) is 5.41 Å². The molecule has 5 nitrogen and oxygen atoms in total. The van der Waals surface area contributed by atoms with Crippen LogP contribution in [-0.4, -0.2) is 17.4 Å². The molecule has 5 heteroatoms. The molecule has 1 aromatic carbocycles. The van der Waals surface area contributed by atoms with Crippen molar-refractivity contribution in [3.05, 3.63) is 35.9 Å². The summed E-state index contributed by atoms with van der Waals surface area (Å²) < 4.78 is 0. The summed E-state index contributed by atoms with van der Waals surface area (Å²) in [7, 11) is 0. The van der Waals surface area contributed by atoms with E-state index < -0.39 is 5.54 Å². The Bertz CT molecular complexity index is 452. The van der Waals surface area contributed by atoms with Crippen LogP contribution in [0.2, 0.25) is 0 Å². The van der Waals surface area contributed by atoms with Gasteiger partial charge in [0, 0.05) is 6.54 Å². The number of benzene rings is 1. The molecule has 0 aliphatic heterocycles. The second-order valence-electron chi connectivity index (χ2n) is 5.00. The average molecular weight is 260 g/mol. The molecule has 1 aliphatic rings. The van der Waals surface area contributed by atoms with Crippen molar-refractivity contribution >= 4 is 11.9 Å². The van der Waals surface area contributed by atoms with Crippen molar-refractivity contribution in [1.29, 1.82) is 5.41 Å². The number of hydrogen-bond acceptors (Lipinski definition) is 2. The lowest BCUT2D eigenvalue weighted by molar-refractivity contribution is 0.232. The quantitative estimate of drug-likeness (QED) is 0.490. The van der Waals surface area contributed by atoms with Gasteiger partial charge in [0.2, 0.25) is 0 Å². The second kappa shape index (κ2) is 5.73. The summed E-state index contributed by atoms with van der Waals surface area (Å²) in [5, 5.41) is 13.3. The molecule has 19 heavy (non-hydrogen) atoms. The average Bonchev–Trinajstić information content (AvgIpc) is 2.87. The lowest BCUT2D eigenvalue weighted by Gasteiger charge is -2.28. The highest BCUT2D eigenvalue weighted by molar-refractivity contribution is 5.92. The van der Waals surface area contributed by atoms with Crippen LogP contribution in [0.1, 0.15) is 31.2 Å². The van der Waals surface area contributed by atoms with Crippen LogP contribution in [0.5, 0.6) is 0 Å². The Labute approximate surface area is 113 Å². The first-order valence-electron chi connectivity index (χ1n) is 6.57. The van der Waals surface area contributed by atoms with Gasteiger partial charge in [-0.1, -0.05) is 43.2 Å². The Morgan fingerprint density at radius 1 is 1.26 bits per heavy atom. The molecule has 2 amide bonds. The van der Waals surface area contributed by atoms with Gasteiger partial charge >= 0.3 is 6.03 Å². The molecule has 1 saturated carbocycles. The first-order valence-corrected chi connectivity index (χ1v) is 6.57. The molecule has 0 spiro atoms. The van der Waals surface area contributed by atoms with Gasteiger partial charge in [0.25, 0.3) is 0 Å². The summed E-state index contributed by atoms with van der Waals surface area (Å²) >= 11 is 0. The third-order valence-corrected chi connectivity index (χ3v) is 3.62. The third-order valence-electron chi connectivity index (χ3n) is 3.62. The van der Waals surface area contributed by atoms with Gasteiger partial charge in [0.1, 0.15) is 5.84 Å². The fourth-order valence-electron chi connectivity index (χ4n) is 2.48. The minimum Gasteiger partial charge on any atom is -0.386 e. The summed E-state index contributed by atoms with van der Waals surface area (Å²) in [6.07, 6.45) is 3.50. The van der Waals surface area contributed by atoms with E-state index in [0.29, 0.717) is 6.54 Å². The Balaban J connectivity index is 1.88. The highest BCUT2D eigenvalue weighted by atomic mass is 16.2. The number of amides is 2. The fourth-order valence-corrected chi connectivity index (χ4v) is 2.48. The van der Waals surface area contributed by atoms with Crippen LogP contribution in [0.4, 0.5) is 4.79 Å². The Hall–Kier alpha value is -2.04. The molecule has 102 valence electrons. The van der Waals surface area contributed by atoms with Gasteiger partial charge in [-0.2, -0.15) is 0 Å². The van der Waals surface area contributed by atoms with Crippen molar-refractivity contribution in [1.82, 2.24) is 10.6 Å². The van der Waals surface area contributed by atoms with E-state index in [1.165, 1.54) is 0 Å². The van der Waals surface area contributed by atoms with Crippen LogP contribution in [-0.2, 0) is 6.54 Å². The molecule has 0 aromatic heterocycles. The van der Waals surface area contributed by atoms with E-state index >= 15 is 0 Å². The summed E-state index contributed by atoms with van der Waals surface area (Å²) in [6.45, 7) is 0.473. The Morgan fingerprint density at radius 2 is 1.89 bits per heavy atom. The van der Waals surface area contributed by atoms with Gasteiger partial charge < -0.3 is 16.4 Å². The first kappa shape index (κ1) is 13.4. The van der Waals surface area contributed by atoms with Gasteiger partial charge in [0.05, 0.1) is 5.54 Å². The number of rotatable bonds is 4. The largest absolute Gasteiger partial charge is 0.386 e. The topological polar surface area (TPSA) is 91.0 Å². The highest BCUT2D eigenvalue weighted by Crippen LogP contribution is 2.29. The lowest BCUT2D eigenvalue weighted by Crippen LogP contribution is -2.57. The molecule has 2 rings (SSSR count). The minimum atomic E-state index is -0.638. The molecular formula is C14H20N4O. The predicted octanol–water partition coefficient (Wildman–Crippen LogP) is 1.73. The number of amidine groups is 1. The number of urea groups is 1. The lowest BCUT2D eigenvalue weighted by atomic mass is 9.96. The fraction of sp³-hybridized carbons (Fsp3) is 0.429. The van der Waals surface area contributed by atoms with Crippen LogP contribution in [0.25, 0.3) is 0 Å². The number of carbonyl (C=O) groups is 1. The van der Waals surface area contributed by atoms with Gasteiger partial charge in [-0.05, 0) is 18.4 Å². The van der Waals surface area contributed by atoms with Gasteiger partial charge in [0.15, 0.2) is 0 Å². The molecule has 0 unspecified atom stereocenters. The summed E-state index contributed by atoms with van der Waals surface area (Å²) in [5.74, 6) is 0.0554. The third kappa shape index (κ3) is 3.24. The molecule has 0 atom stereocenters. The van der Waals surface area contributed by atoms with Gasteiger partial charge in [-0.15, -0.1) is 0 Å². The molecule has 1 fully saturated rings. The molecule has 0 radical (unpaired) electrons. The van der Waals surface area contributed by atoms with Crippen molar-refractivity contribution in [2.45, 2.75) is 37.8 Å². The van der Waals surface area contributed by atoms with Crippen LogP contribution >= 0.6 is 0 Å². The van der Waals surface area contributed by atoms with Crippen LogP contribution in [0.3, 0.4) is 0 Å². The molecule has 1 aliphatic carbocycles. The highest BCUT2D eigenvalue weighted by Gasteiger charge is 2.38. The summed E-state index contributed by atoms with van der Waals surface area (Å²) in [4.78, 5) is 11.9. The Morgan fingerprint density at radius 3 is 2.47 bits per heavy atom. The summed E-state index contributed by atoms with van der Waals surface area (Å²) in [5.41, 5.74) is 6.03. The number of hydrogen-bond donors (Lipinski definition) is 4. The van der Waals surface area contributed by atoms with Crippen molar-refractivity contribution in [2.75, 3.05) is 0 Å². The van der Waals surface area contributed by atoms with E-state index in [0.717, 1.165) is 31.2 Å². The minimum absolute atomic E-state index is 0.0554. The molecular weight excluding hydrogens is 240 g/mol. The van der Waals surface area contributed by atoms with E-state index in [4.69, 9.17) is 11.1 Å². The molecule has 0 saturated heterocycles. The molecule has 0 heterocycles. The zero-order chi connectivity index (χ0) is 13.7. The van der Waals surface area contributed by atoms with E-state index in [9.17, 15) is 4.79 Å². The predicted molar refractivity (Wildman–Crippen MR) is 74.9 cm³/mol. The van der Waals surface area contributed by atoms with Gasteiger partial charge in [-0.3, -0.25) is 5.41 Å². The van der Waals surface area contributed by atoms with E-state index in [1.807, 2.05) is 30.3 Å². The number of carbonyl (C=O) groups excluding carboxylic acids is 1. The van der Waals surface area contributed by atoms with E-state index in [2.05, 4.69) is 10.6 Å². The smallest absolute Gasteiger partial charge is 0.315 e. The van der Waals surface area contributed by atoms with Crippen molar-refractivity contribution in [3.8, 4) is 0 Å². The number of nitrogens with two attached hydrogens (primary N) is 1. The van der Waals surface area contributed by atoms with Gasteiger partial charge in [-0.25, -0.2) is 4.79 Å². The molecule has 5 N–H and O–H groups in total. The molecule has 0 bridgehead atoms. The normalized spacial score (nSPS) is 16.8. The first-order chi connectivity index (χ1) is 9.12. The molecule has 1 aromatic rings. The second-order valence-corrected chi connectivity index (χ2v) is 5.00. The SMILES string of the molecule is N=C(N)C1(NC(=O)NCc2ccccc2)CCCC1. The zero-order valence-corrected chi connectivity index (χ0v) is 10.9. The maximum absolute atomic E-state index is 11.9. The van der Waals surface area contributed by atoms with Crippen molar-refractivity contribution < 1.29 is 4.79 Å². The van der Waals surface area contributed by atoms with Crippen molar-refractivity contribution in [2.24, 2.45) is 5.73 Å². The van der Waals surface area contributed by atoms with E-state index in [1.54, 1.807) is 0 Å². The van der Waals surface area contributed by atoms with E-state index in [-0.39, 0.29) is 11.9 Å².